The number of rotatable bonds is 5. The van der Waals surface area contributed by atoms with Gasteiger partial charge in [-0.2, -0.15) is 14.9 Å². The van der Waals surface area contributed by atoms with Gasteiger partial charge in [-0.3, -0.25) is 4.79 Å². The second kappa shape index (κ2) is 8.46. The van der Waals surface area contributed by atoms with E-state index in [2.05, 4.69) is 20.5 Å². The van der Waals surface area contributed by atoms with E-state index >= 15 is 0 Å². The molecule has 0 fully saturated rings. The number of carbonyl (C=O) groups excluding carboxylic acids is 1. The lowest BCUT2D eigenvalue weighted by atomic mass is 9.85. The van der Waals surface area contributed by atoms with Crippen molar-refractivity contribution in [3.63, 3.8) is 0 Å². The molecule has 0 aliphatic carbocycles. The average Bonchev–Trinajstić information content (AvgIpc) is 3.16. The van der Waals surface area contributed by atoms with Gasteiger partial charge in [0.25, 0.3) is 5.95 Å². The van der Waals surface area contributed by atoms with Crippen molar-refractivity contribution in [1.82, 2.24) is 25.0 Å². The minimum Gasteiger partial charge on any atom is -0.494 e. The maximum Gasteiger partial charge on any atom is 0.272 e. The summed E-state index contributed by atoms with van der Waals surface area (Å²) in [4.78, 5) is 17.4. The van der Waals surface area contributed by atoms with Gasteiger partial charge in [0.1, 0.15) is 11.6 Å². The third-order valence-corrected chi connectivity index (χ3v) is 5.78. The summed E-state index contributed by atoms with van der Waals surface area (Å²) in [6.45, 7) is 6.46. The average molecular weight is 441 g/mol. The molecule has 1 amide bonds. The van der Waals surface area contributed by atoms with Crippen molar-refractivity contribution in [2.45, 2.75) is 33.1 Å². The van der Waals surface area contributed by atoms with Crippen molar-refractivity contribution in [2.75, 3.05) is 11.9 Å². The van der Waals surface area contributed by atoms with Gasteiger partial charge in [-0.25, -0.2) is 4.98 Å². The van der Waals surface area contributed by atoms with Crippen LogP contribution in [-0.4, -0.2) is 37.5 Å². The molecular weight excluding hydrogens is 416 g/mol. The lowest BCUT2D eigenvalue weighted by molar-refractivity contribution is -0.116. The number of hydrogen-bond acceptors (Lipinski definition) is 6. The van der Waals surface area contributed by atoms with Crippen molar-refractivity contribution in [2.24, 2.45) is 0 Å². The molecule has 1 aliphatic rings. The maximum absolute atomic E-state index is 12.7. The van der Waals surface area contributed by atoms with Gasteiger partial charge in [-0.1, -0.05) is 48.0 Å². The quantitative estimate of drug-likeness (QED) is 0.499. The summed E-state index contributed by atoms with van der Waals surface area (Å²) in [7, 11) is 0. The Labute approximate surface area is 191 Å². The van der Waals surface area contributed by atoms with E-state index in [0.29, 0.717) is 30.5 Å². The van der Waals surface area contributed by atoms with E-state index in [1.807, 2.05) is 69.3 Å². The van der Waals surface area contributed by atoms with Crippen molar-refractivity contribution in [1.29, 1.82) is 0 Å². The van der Waals surface area contributed by atoms with Crippen LogP contribution in [0.2, 0.25) is 0 Å². The number of anilines is 1. The van der Waals surface area contributed by atoms with Crippen LogP contribution in [-0.2, 0) is 4.79 Å². The van der Waals surface area contributed by atoms with Crippen LogP contribution in [0.5, 0.6) is 5.75 Å². The molecule has 1 N–H and O–H groups in total. The first-order valence-corrected chi connectivity index (χ1v) is 10.9. The standard InChI is InChI=1S/C25H24N6O2/c1-4-33-21-8-6-5-7-18(21)19-13-22(32)28-24-23(19)16(3)30-31(24)25-27-20(14-26-29-25)17-11-9-15(2)10-12-17/h5-12,14,19H,4,13H2,1-3H3,(H,28,32)/t19-/m1/s1. The molecule has 1 aliphatic heterocycles. The lowest BCUT2D eigenvalue weighted by Crippen LogP contribution is -2.25. The monoisotopic (exact) mass is 440 g/mol. The number of aryl methyl sites for hydroxylation is 2. The molecule has 0 saturated carbocycles. The highest BCUT2D eigenvalue weighted by molar-refractivity contribution is 5.95. The van der Waals surface area contributed by atoms with Gasteiger partial charge in [0, 0.05) is 29.0 Å². The van der Waals surface area contributed by atoms with Crippen molar-refractivity contribution in [3.8, 4) is 23.0 Å². The maximum atomic E-state index is 12.7. The molecule has 0 radical (unpaired) electrons. The number of hydrogen-bond donors (Lipinski definition) is 1. The minimum atomic E-state index is -0.182. The second-order valence-corrected chi connectivity index (χ2v) is 8.04. The highest BCUT2D eigenvalue weighted by Crippen LogP contribution is 2.42. The summed E-state index contributed by atoms with van der Waals surface area (Å²) >= 11 is 0. The van der Waals surface area contributed by atoms with Crippen LogP contribution in [0, 0.1) is 13.8 Å². The van der Waals surface area contributed by atoms with Crippen molar-refractivity contribution in [3.05, 3.63) is 77.1 Å². The number of nitrogens with zero attached hydrogens (tertiary/aromatic N) is 5. The number of benzene rings is 2. The van der Waals surface area contributed by atoms with Gasteiger partial charge in [0.15, 0.2) is 0 Å². The summed E-state index contributed by atoms with van der Waals surface area (Å²) in [5.41, 5.74) is 5.48. The Hall–Kier alpha value is -4.07. The van der Waals surface area contributed by atoms with E-state index in [1.165, 1.54) is 5.56 Å². The first-order valence-electron chi connectivity index (χ1n) is 10.9. The Balaban J connectivity index is 1.61. The molecule has 3 heterocycles. The van der Waals surface area contributed by atoms with Crippen LogP contribution in [0.15, 0.2) is 54.7 Å². The van der Waals surface area contributed by atoms with Gasteiger partial charge in [-0.05, 0) is 26.8 Å². The summed E-state index contributed by atoms with van der Waals surface area (Å²) in [5.74, 6) is 1.37. The predicted octanol–water partition coefficient (Wildman–Crippen LogP) is 4.21. The molecule has 1 atom stereocenters. The fourth-order valence-electron chi connectivity index (χ4n) is 4.26. The van der Waals surface area contributed by atoms with Crippen molar-refractivity contribution >= 4 is 11.7 Å². The molecule has 0 unspecified atom stereocenters. The molecule has 4 aromatic rings. The van der Waals surface area contributed by atoms with Crippen molar-refractivity contribution < 1.29 is 9.53 Å². The van der Waals surface area contributed by atoms with E-state index in [-0.39, 0.29) is 11.8 Å². The van der Waals surface area contributed by atoms with E-state index in [4.69, 9.17) is 9.84 Å². The molecule has 2 aromatic heterocycles. The summed E-state index contributed by atoms with van der Waals surface area (Å²) in [6, 6.07) is 15.9. The second-order valence-electron chi connectivity index (χ2n) is 8.04. The Bertz CT molecular complexity index is 1330. The molecule has 166 valence electrons. The number of aromatic nitrogens is 5. The number of ether oxygens (including phenoxy) is 1. The van der Waals surface area contributed by atoms with E-state index in [1.54, 1.807) is 10.9 Å². The van der Waals surface area contributed by atoms with Gasteiger partial charge >= 0.3 is 0 Å². The zero-order chi connectivity index (χ0) is 22.9. The van der Waals surface area contributed by atoms with E-state index < -0.39 is 0 Å². The SMILES string of the molecule is CCOc1ccccc1[C@H]1CC(=O)Nc2c1c(C)nn2-c1nncc(-c2ccc(C)cc2)n1. The molecule has 8 heteroatoms. The third-order valence-electron chi connectivity index (χ3n) is 5.78. The first kappa shape index (κ1) is 20.8. The number of fused-ring (bicyclic) bond motifs is 1. The predicted molar refractivity (Wildman–Crippen MR) is 125 cm³/mol. The molecule has 0 saturated heterocycles. The highest BCUT2D eigenvalue weighted by atomic mass is 16.5. The van der Waals surface area contributed by atoms with Gasteiger partial charge in [0.05, 0.1) is 24.2 Å². The summed E-state index contributed by atoms with van der Waals surface area (Å²) < 4.78 is 7.42. The highest BCUT2D eigenvalue weighted by Gasteiger charge is 2.34. The smallest absolute Gasteiger partial charge is 0.272 e. The Morgan fingerprint density at radius 1 is 1.12 bits per heavy atom. The molecule has 33 heavy (non-hydrogen) atoms. The van der Waals surface area contributed by atoms with E-state index in [0.717, 1.165) is 28.1 Å². The number of para-hydroxylation sites is 1. The Morgan fingerprint density at radius 2 is 1.91 bits per heavy atom. The van der Waals surface area contributed by atoms with Gasteiger partial charge < -0.3 is 10.1 Å². The first-order chi connectivity index (χ1) is 16.0. The molecule has 2 aromatic carbocycles. The van der Waals surface area contributed by atoms with Gasteiger partial charge in [0.2, 0.25) is 5.91 Å². The number of carbonyl (C=O) groups is 1. The molecular formula is C25H24N6O2. The van der Waals surface area contributed by atoms with Crippen LogP contribution >= 0.6 is 0 Å². The lowest BCUT2D eigenvalue weighted by Gasteiger charge is -2.25. The zero-order valence-corrected chi connectivity index (χ0v) is 18.7. The Kier molecular flexibility index (Phi) is 5.34. The number of nitrogens with one attached hydrogen (secondary N) is 1. The normalized spacial score (nSPS) is 15.1. The van der Waals surface area contributed by atoms with Gasteiger partial charge in [-0.15, -0.1) is 5.10 Å². The Morgan fingerprint density at radius 3 is 2.70 bits per heavy atom. The zero-order valence-electron chi connectivity index (χ0n) is 18.7. The van der Waals surface area contributed by atoms with Crippen LogP contribution in [0.4, 0.5) is 5.82 Å². The minimum absolute atomic E-state index is 0.0948. The van der Waals surface area contributed by atoms with Crippen LogP contribution in [0.25, 0.3) is 17.2 Å². The molecule has 0 bridgehead atoms. The summed E-state index contributed by atoms with van der Waals surface area (Å²) in [5, 5.41) is 16.0. The van der Waals surface area contributed by atoms with E-state index in [9.17, 15) is 4.79 Å². The third kappa shape index (κ3) is 3.84. The summed E-state index contributed by atoms with van der Waals surface area (Å²) in [6.07, 6.45) is 1.93. The largest absolute Gasteiger partial charge is 0.494 e. The van der Waals surface area contributed by atoms with Crippen LogP contribution in [0.1, 0.15) is 41.6 Å². The fourth-order valence-corrected chi connectivity index (χ4v) is 4.26. The molecule has 0 spiro atoms. The molecule has 5 rings (SSSR count). The molecule has 8 nitrogen and oxygen atoms in total. The number of amides is 1. The fraction of sp³-hybridized carbons (Fsp3) is 0.240. The van der Waals surface area contributed by atoms with Crippen LogP contribution < -0.4 is 10.1 Å². The topological polar surface area (TPSA) is 94.8 Å². The van der Waals surface area contributed by atoms with Crippen LogP contribution in [0.3, 0.4) is 0 Å².